The SMILES string of the molecule is COc1cccc(-c2nc(SCc3ccc(NC(=O)C4=Cc5cc(Cl)ccc5OC4)cc3)[nH]c(=O)c2C#N)c1. The van der Waals surface area contributed by atoms with E-state index in [0.29, 0.717) is 49.9 Å². The number of benzene rings is 3. The molecule has 0 bridgehead atoms. The Balaban J connectivity index is 1.26. The predicted octanol–water partition coefficient (Wildman–Crippen LogP) is 5.68. The number of carbonyl (C=O) groups is 1. The molecule has 2 N–H and O–H groups in total. The van der Waals surface area contributed by atoms with E-state index in [1.54, 1.807) is 67.8 Å². The first-order valence-corrected chi connectivity index (χ1v) is 13.1. The normalized spacial score (nSPS) is 12.0. The highest BCUT2D eigenvalue weighted by Gasteiger charge is 2.18. The largest absolute Gasteiger partial charge is 0.497 e. The number of thioether (sulfide) groups is 1. The molecule has 0 atom stereocenters. The molecule has 0 radical (unpaired) electrons. The molecule has 194 valence electrons. The number of carbonyl (C=O) groups excluding carboxylic acids is 1. The van der Waals surface area contributed by atoms with Gasteiger partial charge in [0, 0.05) is 27.6 Å². The minimum absolute atomic E-state index is 0.0576. The quantitative estimate of drug-likeness (QED) is 0.222. The Morgan fingerprint density at radius 3 is 2.79 bits per heavy atom. The summed E-state index contributed by atoms with van der Waals surface area (Å²) in [5.41, 5.74) is 3.20. The van der Waals surface area contributed by atoms with Gasteiger partial charge in [-0.1, -0.05) is 47.6 Å². The lowest BCUT2D eigenvalue weighted by Crippen LogP contribution is -2.21. The van der Waals surface area contributed by atoms with Crippen LogP contribution in [-0.4, -0.2) is 29.6 Å². The number of rotatable bonds is 7. The molecule has 0 saturated carbocycles. The van der Waals surface area contributed by atoms with Crippen LogP contribution in [0.25, 0.3) is 17.3 Å². The van der Waals surface area contributed by atoms with E-state index in [1.807, 2.05) is 18.2 Å². The molecule has 0 unspecified atom stereocenters. The maximum absolute atomic E-state index is 12.8. The molecule has 5 rings (SSSR count). The number of nitrogens with zero attached hydrogens (tertiary/aromatic N) is 2. The molecule has 3 aromatic carbocycles. The summed E-state index contributed by atoms with van der Waals surface area (Å²) >= 11 is 7.39. The number of hydrogen-bond acceptors (Lipinski definition) is 7. The van der Waals surface area contributed by atoms with Gasteiger partial charge in [-0.15, -0.1) is 0 Å². The maximum Gasteiger partial charge on any atom is 0.270 e. The number of H-pyrrole nitrogens is 1. The monoisotopic (exact) mass is 556 g/mol. The molecular weight excluding hydrogens is 536 g/mol. The van der Waals surface area contributed by atoms with Gasteiger partial charge in [0.05, 0.1) is 18.4 Å². The summed E-state index contributed by atoms with van der Waals surface area (Å²) in [5.74, 6) is 1.54. The van der Waals surface area contributed by atoms with Crippen molar-refractivity contribution < 1.29 is 14.3 Å². The summed E-state index contributed by atoms with van der Waals surface area (Å²) in [6.07, 6.45) is 1.77. The number of methoxy groups -OCH3 is 1. The number of nitrogens with one attached hydrogen (secondary N) is 2. The number of nitriles is 1. The number of halogens is 1. The van der Waals surface area contributed by atoms with E-state index in [1.165, 1.54) is 11.8 Å². The van der Waals surface area contributed by atoms with Crippen LogP contribution in [0.15, 0.2) is 82.3 Å². The summed E-state index contributed by atoms with van der Waals surface area (Å²) in [5, 5.41) is 13.4. The first-order valence-electron chi connectivity index (χ1n) is 11.8. The van der Waals surface area contributed by atoms with Crippen molar-refractivity contribution in [1.82, 2.24) is 9.97 Å². The summed E-state index contributed by atoms with van der Waals surface area (Å²) in [7, 11) is 1.55. The van der Waals surface area contributed by atoms with Crippen LogP contribution >= 0.6 is 23.4 Å². The highest BCUT2D eigenvalue weighted by molar-refractivity contribution is 7.98. The van der Waals surface area contributed by atoms with Crippen LogP contribution in [0.3, 0.4) is 0 Å². The number of amides is 1. The molecule has 8 nitrogen and oxygen atoms in total. The van der Waals surface area contributed by atoms with Crippen molar-refractivity contribution in [1.29, 1.82) is 5.26 Å². The van der Waals surface area contributed by atoms with Crippen LogP contribution in [-0.2, 0) is 10.5 Å². The average molecular weight is 557 g/mol. The summed E-state index contributed by atoms with van der Waals surface area (Å²) < 4.78 is 10.9. The molecular formula is C29H21ClN4O4S. The van der Waals surface area contributed by atoms with Crippen LogP contribution in [0.4, 0.5) is 5.69 Å². The van der Waals surface area contributed by atoms with E-state index in [-0.39, 0.29) is 18.1 Å². The van der Waals surface area contributed by atoms with E-state index >= 15 is 0 Å². The zero-order chi connectivity index (χ0) is 27.4. The summed E-state index contributed by atoms with van der Waals surface area (Å²) in [4.78, 5) is 32.6. The minimum Gasteiger partial charge on any atom is -0.497 e. The van der Waals surface area contributed by atoms with Crippen molar-refractivity contribution >= 4 is 41.0 Å². The first kappa shape index (κ1) is 26.1. The van der Waals surface area contributed by atoms with Gasteiger partial charge in [-0.25, -0.2) is 4.98 Å². The van der Waals surface area contributed by atoms with Gasteiger partial charge in [0.1, 0.15) is 29.7 Å². The zero-order valence-electron chi connectivity index (χ0n) is 20.7. The highest BCUT2D eigenvalue weighted by Crippen LogP contribution is 2.30. The van der Waals surface area contributed by atoms with E-state index < -0.39 is 5.56 Å². The predicted molar refractivity (Wildman–Crippen MR) is 151 cm³/mol. The molecule has 1 aliphatic rings. The minimum atomic E-state index is -0.503. The Morgan fingerprint density at radius 1 is 1.21 bits per heavy atom. The van der Waals surface area contributed by atoms with Crippen LogP contribution in [0.1, 0.15) is 16.7 Å². The van der Waals surface area contributed by atoms with Crippen molar-refractivity contribution in [3.05, 3.63) is 104 Å². The first-order chi connectivity index (χ1) is 18.9. The molecule has 1 aromatic heterocycles. The number of hydrogen-bond donors (Lipinski definition) is 2. The summed E-state index contributed by atoms with van der Waals surface area (Å²) in [6.45, 7) is 0.169. The van der Waals surface area contributed by atoms with Crippen molar-refractivity contribution in [3.63, 3.8) is 0 Å². The highest BCUT2D eigenvalue weighted by atomic mass is 35.5. The molecule has 4 aromatic rings. The molecule has 2 heterocycles. The Labute approximate surface area is 233 Å². The third-order valence-electron chi connectivity index (χ3n) is 5.92. The second-order valence-electron chi connectivity index (χ2n) is 8.52. The molecule has 0 aliphatic carbocycles. The van der Waals surface area contributed by atoms with Crippen molar-refractivity contribution in [3.8, 4) is 28.8 Å². The number of aromatic nitrogens is 2. The van der Waals surface area contributed by atoms with Crippen LogP contribution in [0.2, 0.25) is 5.02 Å². The van der Waals surface area contributed by atoms with Crippen LogP contribution in [0, 0.1) is 11.3 Å². The van der Waals surface area contributed by atoms with E-state index in [2.05, 4.69) is 15.3 Å². The fourth-order valence-corrected chi connectivity index (χ4v) is 4.93. The molecule has 0 spiro atoms. The fraction of sp³-hybridized carbons (Fsp3) is 0.103. The van der Waals surface area contributed by atoms with Gasteiger partial charge >= 0.3 is 0 Å². The van der Waals surface area contributed by atoms with Crippen molar-refractivity contribution in [2.75, 3.05) is 19.0 Å². The Kier molecular flexibility index (Phi) is 7.68. The lowest BCUT2D eigenvalue weighted by molar-refractivity contribution is -0.113. The van der Waals surface area contributed by atoms with Gasteiger partial charge < -0.3 is 19.8 Å². The fourth-order valence-electron chi connectivity index (χ4n) is 3.93. The number of anilines is 1. The van der Waals surface area contributed by atoms with Crippen molar-refractivity contribution in [2.24, 2.45) is 0 Å². The van der Waals surface area contributed by atoms with E-state index in [4.69, 9.17) is 21.1 Å². The van der Waals surface area contributed by atoms with Gasteiger partial charge in [-0.3, -0.25) is 9.59 Å². The standard InChI is InChI=1S/C29H21ClN4O4S/c1-37-23-4-2-3-18(13-23)26-24(14-31)28(36)34-29(33-26)39-16-17-5-8-22(9-6-17)32-27(35)20-11-19-12-21(30)7-10-25(19)38-15-20/h2-13H,15-16H2,1H3,(H,32,35)(H,33,34,36). The van der Waals surface area contributed by atoms with E-state index in [0.717, 1.165) is 11.1 Å². The third-order valence-corrected chi connectivity index (χ3v) is 7.10. The van der Waals surface area contributed by atoms with Crippen molar-refractivity contribution in [2.45, 2.75) is 10.9 Å². The smallest absolute Gasteiger partial charge is 0.270 e. The van der Waals surface area contributed by atoms with Crippen LogP contribution < -0.4 is 20.3 Å². The van der Waals surface area contributed by atoms with E-state index in [9.17, 15) is 14.9 Å². The van der Waals surface area contributed by atoms with Gasteiger partial charge in [0.25, 0.3) is 11.5 Å². The Morgan fingerprint density at radius 2 is 2.03 bits per heavy atom. The third kappa shape index (κ3) is 5.98. The molecule has 1 amide bonds. The number of ether oxygens (including phenoxy) is 2. The second kappa shape index (κ2) is 11.5. The van der Waals surface area contributed by atoms with Gasteiger partial charge in [0.15, 0.2) is 5.16 Å². The zero-order valence-corrected chi connectivity index (χ0v) is 22.2. The van der Waals surface area contributed by atoms with Crippen LogP contribution in [0.5, 0.6) is 11.5 Å². The second-order valence-corrected chi connectivity index (χ2v) is 9.92. The molecule has 0 fully saturated rings. The van der Waals surface area contributed by atoms with Gasteiger partial charge in [0.2, 0.25) is 0 Å². The topological polar surface area (TPSA) is 117 Å². The Hall–Kier alpha value is -4.52. The average Bonchev–Trinajstić information content (AvgIpc) is 2.96. The molecule has 1 aliphatic heterocycles. The maximum atomic E-state index is 12.8. The van der Waals surface area contributed by atoms with Gasteiger partial charge in [-0.05, 0) is 54.1 Å². The molecule has 0 saturated heterocycles. The Bertz CT molecular complexity index is 1690. The van der Waals surface area contributed by atoms with Gasteiger partial charge in [-0.2, -0.15) is 5.26 Å². The summed E-state index contributed by atoms with van der Waals surface area (Å²) in [6, 6.07) is 21.7. The lowest BCUT2D eigenvalue weighted by Gasteiger charge is -2.18. The molecule has 39 heavy (non-hydrogen) atoms. The number of aromatic amines is 1. The lowest BCUT2D eigenvalue weighted by atomic mass is 10.1. The number of fused-ring (bicyclic) bond motifs is 1. The molecule has 10 heteroatoms.